The number of carbonyl (C=O) groups is 2. The largest absolute Gasteiger partial charge is 0.493 e. The lowest BCUT2D eigenvalue weighted by molar-refractivity contribution is -0.141. The molecular formula is C19H16F2N2O5S. The third-order valence-corrected chi connectivity index (χ3v) is 5.10. The number of amides is 1. The highest BCUT2D eigenvalue weighted by molar-refractivity contribution is 7.16. The van der Waals surface area contributed by atoms with Gasteiger partial charge in [-0.1, -0.05) is 11.3 Å². The molecule has 0 radical (unpaired) electrons. The van der Waals surface area contributed by atoms with Crippen LogP contribution in [0.25, 0.3) is 10.2 Å². The van der Waals surface area contributed by atoms with Crippen molar-refractivity contribution in [2.24, 2.45) is 4.99 Å². The van der Waals surface area contributed by atoms with Crippen LogP contribution in [0.5, 0.6) is 11.5 Å². The average molecular weight is 422 g/mol. The zero-order chi connectivity index (χ0) is 21.1. The molecule has 10 heteroatoms. The second-order valence-electron chi connectivity index (χ2n) is 5.76. The van der Waals surface area contributed by atoms with Crippen molar-refractivity contribution in [3.8, 4) is 11.5 Å². The van der Waals surface area contributed by atoms with Crippen molar-refractivity contribution in [1.82, 2.24) is 4.57 Å². The lowest BCUT2D eigenvalue weighted by Crippen LogP contribution is -2.22. The van der Waals surface area contributed by atoms with Crippen LogP contribution in [0.15, 0.2) is 35.3 Å². The molecule has 0 N–H and O–H groups in total. The molecule has 0 spiro atoms. The van der Waals surface area contributed by atoms with E-state index in [1.807, 2.05) is 0 Å². The topological polar surface area (TPSA) is 79.1 Å². The van der Waals surface area contributed by atoms with Gasteiger partial charge in [0.1, 0.15) is 18.2 Å². The summed E-state index contributed by atoms with van der Waals surface area (Å²) in [5, 5.41) is 0. The first-order valence-corrected chi connectivity index (χ1v) is 9.06. The van der Waals surface area contributed by atoms with Crippen LogP contribution in [-0.4, -0.2) is 37.8 Å². The third kappa shape index (κ3) is 4.11. The molecule has 2 aromatic carbocycles. The highest BCUT2D eigenvalue weighted by Gasteiger charge is 2.17. The summed E-state index contributed by atoms with van der Waals surface area (Å²) in [4.78, 5) is 28.4. The molecule has 0 unspecified atom stereocenters. The summed E-state index contributed by atoms with van der Waals surface area (Å²) in [7, 11) is 4.18. The Balaban J connectivity index is 2.21. The highest BCUT2D eigenvalue weighted by atomic mass is 32.1. The number of hydrogen-bond donors (Lipinski definition) is 0. The van der Waals surface area contributed by atoms with E-state index in [1.54, 1.807) is 12.1 Å². The van der Waals surface area contributed by atoms with Gasteiger partial charge in [-0.25, -0.2) is 8.78 Å². The number of carbonyl (C=O) groups excluding carboxylic acids is 2. The van der Waals surface area contributed by atoms with Gasteiger partial charge in [-0.15, -0.1) is 0 Å². The van der Waals surface area contributed by atoms with E-state index < -0.39 is 23.5 Å². The van der Waals surface area contributed by atoms with Gasteiger partial charge in [-0.05, 0) is 12.1 Å². The van der Waals surface area contributed by atoms with Crippen LogP contribution < -0.4 is 14.3 Å². The quantitative estimate of drug-likeness (QED) is 0.591. The summed E-state index contributed by atoms with van der Waals surface area (Å²) in [5.41, 5.74) is 0.160. The number of methoxy groups -OCH3 is 3. The zero-order valence-electron chi connectivity index (χ0n) is 15.7. The second kappa shape index (κ2) is 8.39. The first-order chi connectivity index (χ1) is 13.9. The fourth-order valence-electron chi connectivity index (χ4n) is 2.64. The molecule has 3 aromatic rings. The van der Waals surface area contributed by atoms with Gasteiger partial charge in [0, 0.05) is 18.2 Å². The van der Waals surface area contributed by atoms with Gasteiger partial charge < -0.3 is 18.8 Å². The number of fused-ring (bicyclic) bond motifs is 1. The van der Waals surface area contributed by atoms with Crippen molar-refractivity contribution in [2.45, 2.75) is 6.54 Å². The van der Waals surface area contributed by atoms with E-state index in [4.69, 9.17) is 14.2 Å². The maximum Gasteiger partial charge on any atom is 0.325 e. The van der Waals surface area contributed by atoms with E-state index in [2.05, 4.69) is 4.99 Å². The Morgan fingerprint density at radius 2 is 1.76 bits per heavy atom. The SMILES string of the molecule is COC(=O)Cn1c(=NC(=O)c2ccc(F)cc2F)sc2cc(OC)c(OC)cc21. The Hall–Kier alpha value is -3.27. The summed E-state index contributed by atoms with van der Waals surface area (Å²) in [5.74, 6) is -2.44. The van der Waals surface area contributed by atoms with E-state index in [-0.39, 0.29) is 16.9 Å². The number of rotatable bonds is 5. The number of aromatic nitrogens is 1. The maximum absolute atomic E-state index is 13.9. The molecule has 29 heavy (non-hydrogen) atoms. The number of thiazole rings is 1. The summed E-state index contributed by atoms with van der Waals surface area (Å²) < 4.78 is 44.4. The summed E-state index contributed by atoms with van der Waals surface area (Å²) in [6.45, 7) is -0.232. The van der Waals surface area contributed by atoms with Gasteiger partial charge in [0.25, 0.3) is 5.91 Å². The van der Waals surface area contributed by atoms with E-state index in [0.717, 1.165) is 23.5 Å². The Labute approximate surface area is 167 Å². The minimum atomic E-state index is -1.03. The fraction of sp³-hybridized carbons (Fsp3) is 0.211. The van der Waals surface area contributed by atoms with Gasteiger partial charge in [-0.2, -0.15) is 4.99 Å². The molecule has 0 aliphatic carbocycles. The number of nitrogens with zero attached hydrogens (tertiary/aromatic N) is 2. The molecule has 1 amide bonds. The van der Waals surface area contributed by atoms with Crippen LogP contribution in [0.4, 0.5) is 8.78 Å². The number of benzene rings is 2. The van der Waals surface area contributed by atoms with Crippen LogP contribution in [-0.2, 0) is 16.1 Å². The lowest BCUT2D eigenvalue weighted by atomic mass is 10.2. The fourth-order valence-corrected chi connectivity index (χ4v) is 3.68. The zero-order valence-corrected chi connectivity index (χ0v) is 16.5. The van der Waals surface area contributed by atoms with E-state index in [0.29, 0.717) is 27.8 Å². The maximum atomic E-state index is 13.9. The van der Waals surface area contributed by atoms with Crippen molar-refractivity contribution >= 4 is 33.4 Å². The summed E-state index contributed by atoms with van der Waals surface area (Å²) in [6, 6.07) is 5.89. The molecule has 0 fully saturated rings. The minimum Gasteiger partial charge on any atom is -0.493 e. The van der Waals surface area contributed by atoms with Crippen LogP contribution in [0, 0.1) is 11.6 Å². The van der Waals surface area contributed by atoms with Crippen molar-refractivity contribution < 1.29 is 32.6 Å². The first-order valence-electron chi connectivity index (χ1n) is 8.24. The van der Waals surface area contributed by atoms with Gasteiger partial charge in [0.2, 0.25) is 0 Å². The third-order valence-electron chi connectivity index (χ3n) is 4.06. The van der Waals surface area contributed by atoms with Gasteiger partial charge in [0.15, 0.2) is 16.3 Å². The molecular weight excluding hydrogens is 406 g/mol. The molecule has 1 aromatic heterocycles. The second-order valence-corrected chi connectivity index (χ2v) is 6.77. The Kier molecular flexibility index (Phi) is 5.92. The monoisotopic (exact) mass is 422 g/mol. The molecule has 0 bridgehead atoms. The number of esters is 1. The molecule has 0 aliphatic heterocycles. The van der Waals surface area contributed by atoms with E-state index >= 15 is 0 Å². The molecule has 152 valence electrons. The number of ether oxygens (including phenoxy) is 3. The van der Waals surface area contributed by atoms with Crippen LogP contribution in [0.3, 0.4) is 0 Å². The number of hydrogen-bond acceptors (Lipinski definition) is 6. The van der Waals surface area contributed by atoms with Gasteiger partial charge in [0.05, 0.1) is 37.1 Å². The molecule has 0 aliphatic rings. The van der Waals surface area contributed by atoms with Gasteiger partial charge in [-0.3, -0.25) is 9.59 Å². The molecule has 1 heterocycles. The normalized spacial score (nSPS) is 11.6. The minimum absolute atomic E-state index is 0.134. The van der Waals surface area contributed by atoms with Crippen LogP contribution >= 0.6 is 11.3 Å². The molecule has 0 saturated heterocycles. The van der Waals surface area contributed by atoms with Crippen LogP contribution in [0.1, 0.15) is 10.4 Å². The summed E-state index contributed by atoms with van der Waals surface area (Å²) in [6.07, 6.45) is 0. The Morgan fingerprint density at radius 1 is 1.07 bits per heavy atom. The molecule has 0 atom stereocenters. The predicted octanol–water partition coefficient (Wildman–Crippen LogP) is 2.91. The van der Waals surface area contributed by atoms with Gasteiger partial charge >= 0.3 is 5.97 Å². The predicted molar refractivity (Wildman–Crippen MR) is 101 cm³/mol. The van der Waals surface area contributed by atoms with Crippen molar-refractivity contribution in [1.29, 1.82) is 0 Å². The summed E-state index contributed by atoms with van der Waals surface area (Å²) >= 11 is 1.09. The smallest absolute Gasteiger partial charge is 0.325 e. The van der Waals surface area contributed by atoms with Crippen molar-refractivity contribution in [3.05, 3.63) is 52.3 Å². The molecule has 3 rings (SSSR count). The van der Waals surface area contributed by atoms with E-state index in [1.165, 1.54) is 25.9 Å². The van der Waals surface area contributed by atoms with Crippen molar-refractivity contribution in [3.63, 3.8) is 0 Å². The number of halogens is 2. The van der Waals surface area contributed by atoms with Crippen LogP contribution in [0.2, 0.25) is 0 Å². The van der Waals surface area contributed by atoms with E-state index in [9.17, 15) is 18.4 Å². The Bertz CT molecular complexity index is 1170. The molecule has 0 saturated carbocycles. The highest BCUT2D eigenvalue weighted by Crippen LogP contribution is 2.33. The lowest BCUT2D eigenvalue weighted by Gasteiger charge is -2.09. The average Bonchev–Trinajstić information content (AvgIpc) is 3.02. The van der Waals surface area contributed by atoms with Crippen molar-refractivity contribution in [2.75, 3.05) is 21.3 Å². The Morgan fingerprint density at radius 3 is 2.38 bits per heavy atom. The standard InChI is InChI=1S/C19H16F2N2O5S/c1-26-14-7-13-16(8-15(14)27-2)29-19(23(13)9-17(24)28-3)22-18(25)11-5-4-10(20)6-12(11)21/h4-8H,9H2,1-3H3. The molecule has 7 nitrogen and oxygen atoms in total. The first kappa shape index (κ1) is 20.5.